The summed E-state index contributed by atoms with van der Waals surface area (Å²) < 4.78 is 0. The second kappa shape index (κ2) is 5.82. The number of aryl methyl sites for hydroxylation is 1. The van der Waals surface area contributed by atoms with Crippen LogP contribution >= 0.6 is 0 Å². The van der Waals surface area contributed by atoms with Crippen molar-refractivity contribution in [2.24, 2.45) is 5.73 Å². The molecule has 0 radical (unpaired) electrons. The number of rotatable bonds is 4. The van der Waals surface area contributed by atoms with Crippen molar-refractivity contribution in [2.45, 2.75) is 33.6 Å². The zero-order valence-corrected chi connectivity index (χ0v) is 11.2. The van der Waals surface area contributed by atoms with Crippen molar-refractivity contribution >= 4 is 11.6 Å². The van der Waals surface area contributed by atoms with Gasteiger partial charge < -0.3 is 10.6 Å². The number of para-hydroxylation sites is 1. The summed E-state index contributed by atoms with van der Waals surface area (Å²) in [5.41, 5.74) is 8.83. The predicted octanol–water partition coefficient (Wildman–Crippen LogP) is 2.43. The maximum Gasteiger partial charge on any atom is 0.240 e. The molecule has 0 aliphatic rings. The summed E-state index contributed by atoms with van der Waals surface area (Å²) in [6.07, 6.45) is 0. The molecule has 2 N–H and O–H groups in total. The molecule has 0 fully saturated rings. The third-order valence-electron chi connectivity index (χ3n) is 2.95. The smallest absolute Gasteiger partial charge is 0.240 e. The standard InChI is InChI=1S/C14H22N2O/c1-5-16(13(17)9-15)14-11(4)7-6-8-12(14)10(2)3/h6-8,10H,5,9,15H2,1-4H3. The minimum atomic E-state index is -0.0244. The van der Waals surface area contributed by atoms with Crippen molar-refractivity contribution in [3.8, 4) is 0 Å². The summed E-state index contributed by atoms with van der Waals surface area (Å²) >= 11 is 0. The number of likely N-dealkylation sites (N-methyl/N-ethyl adjacent to an activating group) is 1. The van der Waals surface area contributed by atoms with E-state index in [9.17, 15) is 4.79 Å². The van der Waals surface area contributed by atoms with Crippen molar-refractivity contribution in [1.29, 1.82) is 0 Å². The largest absolute Gasteiger partial charge is 0.322 e. The van der Waals surface area contributed by atoms with E-state index in [0.717, 1.165) is 11.3 Å². The van der Waals surface area contributed by atoms with Gasteiger partial charge in [-0.1, -0.05) is 32.0 Å². The maximum atomic E-state index is 11.9. The number of amides is 1. The fourth-order valence-electron chi connectivity index (χ4n) is 2.09. The van der Waals surface area contributed by atoms with E-state index in [-0.39, 0.29) is 12.5 Å². The van der Waals surface area contributed by atoms with Crippen LogP contribution in [0.2, 0.25) is 0 Å². The quantitative estimate of drug-likeness (QED) is 0.869. The zero-order chi connectivity index (χ0) is 13.0. The molecule has 0 saturated heterocycles. The minimum absolute atomic E-state index is 0.0244. The number of hydrogen-bond donors (Lipinski definition) is 1. The highest BCUT2D eigenvalue weighted by Gasteiger charge is 2.19. The average Bonchev–Trinajstić information content (AvgIpc) is 2.31. The number of nitrogens with zero attached hydrogens (tertiary/aromatic N) is 1. The third kappa shape index (κ3) is 2.86. The normalized spacial score (nSPS) is 10.7. The van der Waals surface area contributed by atoms with E-state index >= 15 is 0 Å². The topological polar surface area (TPSA) is 46.3 Å². The molecule has 17 heavy (non-hydrogen) atoms. The molecule has 0 bridgehead atoms. The van der Waals surface area contributed by atoms with Gasteiger partial charge in [0.25, 0.3) is 0 Å². The summed E-state index contributed by atoms with van der Waals surface area (Å²) in [4.78, 5) is 13.7. The Balaban J connectivity index is 3.31. The lowest BCUT2D eigenvalue weighted by atomic mass is 9.97. The fourth-order valence-corrected chi connectivity index (χ4v) is 2.09. The van der Waals surface area contributed by atoms with Gasteiger partial charge in [0.1, 0.15) is 0 Å². The molecule has 0 saturated carbocycles. The fraction of sp³-hybridized carbons (Fsp3) is 0.500. The van der Waals surface area contributed by atoms with Crippen molar-refractivity contribution in [3.05, 3.63) is 29.3 Å². The first kappa shape index (κ1) is 13.7. The van der Waals surface area contributed by atoms with Crippen LogP contribution in [0.3, 0.4) is 0 Å². The number of carbonyl (C=O) groups is 1. The lowest BCUT2D eigenvalue weighted by Crippen LogP contribution is -2.37. The highest BCUT2D eigenvalue weighted by atomic mass is 16.2. The van der Waals surface area contributed by atoms with Crippen LogP contribution in [0.15, 0.2) is 18.2 Å². The summed E-state index contributed by atoms with van der Waals surface area (Å²) in [6, 6.07) is 6.15. The van der Waals surface area contributed by atoms with Gasteiger partial charge in [-0.3, -0.25) is 4.79 Å². The Hall–Kier alpha value is -1.35. The van der Waals surface area contributed by atoms with E-state index in [1.54, 1.807) is 4.90 Å². The van der Waals surface area contributed by atoms with Gasteiger partial charge in [-0.25, -0.2) is 0 Å². The van der Waals surface area contributed by atoms with Crippen LogP contribution in [0.25, 0.3) is 0 Å². The van der Waals surface area contributed by atoms with Gasteiger partial charge in [0, 0.05) is 12.2 Å². The predicted molar refractivity (Wildman–Crippen MR) is 72.3 cm³/mol. The molecular formula is C14H22N2O. The van der Waals surface area contributed by atoms with Crippen LogP contribution in [0, 0.1) is 6.92 Å². The van der Waals surface area contributed by atoms with E-state index in [0.29, 0.717) is 12.5 Å². The molecule has 3 nitrogen and oxygen atoms in total. The first-order valence-electron chi connectivity index (χ1n) is 6.12. The molecule has 1 aromatic carbocycles. The lowest BCUT2D eigenvalue weighted by molar-refractivity contribution is -0.117. The Morgan fingerprint density at radius 3 is 2.53 bits per heavy atom. The molecule has 0 aliphatic heterocycles. The molecule has 0 spiro atoms. The van der Waals surface area contributed by atoms with Gasteiger partial charge in [0.15, 0.2) is 0 Å². The molecule has 1 rings (SSSR count). The molecule has 1 amide bonds. The molecular weight excluding hydrogens is 212 g/mol. The van der Waals surface area contributed by atoms with Gasteiger partial charge in [-0.05, 0) is 30.9 Å². The summed E-state index contributed by atoms with van der Waals surface area (Å²) in [6.45, 7) is 9.00. The SMILES string of the molecule is CCN(C(=O)CN)c1c(C)cccc1C(C)C. The highest BCUT2D eigenvalue weighted by molar-refractivity contribution is 5.96. The molecule has 0 aliphatic carbocycles. The van der Waals surface area contributed by atoms with Gasteiger partial charge >= 0.3 is 0 Å². The van der Waals surface area contributed by atoms with Crippen LogP contribution in [0.5, 0.6) is 0 Å². The number of benzene rings is 1. The van der Waals surface area contributed by atoms with E-state index in [1.165, 1.54) is 5.56 Å². The van der Waals surface area contributed by atoms with E-state index in [4.69, 9.17) is 5.73 Å². The van der Waals surface area contributed by atoms with Crippen molar-refractivity contribution in [1.82, 2.24) is 0 Å². The van der Waals surface area contributed by atoms with Gasteiger partial charge in [0.2, 0.25) is 5.91 Å². The van der Waals surface area contributed by atoms with Crippen LogP contribution in [-0.4, -0.2) is 19.0 Å². The Kier molecular flexibility index (Phi) is 4.70. The number of hydrogen-bond acceptors (Lipinski definition) is 2. The molecule has 0 heterocycles. The van der Waals surface area contributed by atoms with E-state index in [2.05, 4.69) is 19.9 Å². The molecule has 3 heteroatoms. The zero-order valence-electron chi connectivity index (χ0n) is 11.2. The Bertz CT molecular complexity index is 399. The number of carbonyl (C=O) groups excluding carboxylic acids is 1. The van der Waals surface area contributed by atoms with Crippen LogP contribution < -0.4 is 10.6 Å². The Morgan fingerprint density at radius 1 is 1.41 bits per heavy atom. The van der Waals surface area contributed by atoms with Gasteiger partial charge in [-0.15, -0.1) is 0 Å². The first-order valence-corrected chi connectivity index (χ1v) is 6.12. The first-order chi connectivity index (χ1) is 8.02. The van der Waals surface area contributed by atoms with Crippen LogP contribution in [0.4, 0.5) is 5.69 Å². The Labute approximate surface area is 104 Å². The second-order valence-electron chi connectivity index (χ2n) is 4.51. The van der Waals surface area contributed by atoms with Crippen LogP contribution in [0.1, 0.15) is 37.8 Å². The highest BCUT2D eigenvalue weighted by Crippen LogP contribution is 2.30. The molecule has 0 atom stereocenters. The lowest BCUT2D eigenvalue weighted by Gasteiger charge is -2.26. The van der Waals surface area contributed by atoms with Gasteiger partial charge in [0.05, 0.1) is 6.54 Å². The van der Waals surface area contributed by atoms with Crippen molar-refractivity contribution < 1.29 is 4.79 Å². The Morgan fingerprint density at radius 2 is 2.06 bits per heavy atom. The van der Waals surface area contributed by atoms with Crippen molar-refractivity contribution in [3.63, 3.8) is 0 Å². The van der Waals surface area contributed by atoms with Gasteiger partial charge in [-0.2, -0.15) is 0 Å². The number of anilines is 1. The van der Waals surface area contributed by atoms with E-state index < -0.39 is 0 Å². The van der Waals surface area contributed by atoms with Crippen molar-refractivity contribution in [2.75, 3.05) is 18.0 Å². The summed E-state index contributed by atoms with van der Waals surface area (Å²) in [5, 5.41) is 0. The third-order valence-corrected chi connectivity index (χ3v) is 2.95. The second-order valence-corrected chi connectivity index (χ2v) is 4.51. The summed E-state index contributed by atoms with van der Waals surface area (Å²) in [7, 11) is 0. The summed E-state index contributed by atoms with van der Waals surface area (Å²) in [5.74, 6) is 0.369. The maximum absolute atomic E-state index is 11.9. The average molecular weight is 234 g/mol. The monoisotopic (exact) mass is 234 g/mol. The molecule has 0 unspecified atom stereocenters. The minimum Gasteiger partial charge on any atom is -0.322 e. The number of nitrogens with two attached hydrogens (primary N) is 1. The van der Waals surface area contributed by atoms with E-state index in [1.807, 2.05) is 26.0 Å². The van der Waals surface area contributed by atoms with Crippen LogP contribution in [-0.2, 0) is 4.79 Å². The molecule has 94 valence electrons. The molecule has 0 aromatic heterocycles. The molecule has 1 aromatic rings.